The summed E-state index contributed by atoms with van der Waals surface area (Å²) in [5, 5.41) is 0. The summed E-state index contributed by atoms with van der Waals surface area (Å²) in [4.78, 5) is 17.0. The quantitative estimate of drug-likeness (QED) is 0.864. The van der Waals surface area contributed by atoms with Crippen LogP contribution in [-0.2, 0) is 22.5 Å². The number of hydrogen-bond acceptors (Lipinski definition) is 6. The highest BCUT2D eigenvalue weighted by atomic mass is 32.1. The van der Waals surface area contributed by atoms with E-state index in [4.69, 9.17) is 15.2 Å². The number of anilines is 1. The average molecular weight is 306 g/mol. The highest BCUT2D eigenvalue weighted by molar-refractivity contribution is 7.21. The zero-order valence-corrected chi connectivity index (χ0v) is 13.2. The van der Waals surface area contributed by atoms with Gasteiger partial charge in [0.05, 0.1) is 29.2 Å². The van der Waals surface area contributed by atoms with E-state index in [0.717, 1.165) is 22.4 Å². The van der Waals surface area contributed by atoms with E-state index in [1.165, 1.54) is 11.3 Å². The van der Waals surface area contributed by atoms with E-state index in [0.29, 0.717) is 29.3 Å². The molecule has 0 atom stereocenters. The highest BCUT2D eigenvalue weighted by Crippen LogP contribution is 2.36. The molecule has 3 rings (SSSR count). The van der Waals surface area contributed by atoms with E-state index >= 15 is 0 Å². The molecule has 21 heavy (non-hydrogen) atoms. The third-order valence-electron chi connectivity index (χ3n) is 3.54. The van der Waals surface area contributed by atoms with Gasteiger partial charge < -0.3 is 15.2 Å². The Morgan fingerprint density at radius 3 is 3.05 bits per heavy atom. The molecule has 0 spiro atoms. The highest BCUT2D eigenvalue weighted by Gasteiger charge is 2.28. The first-order valence-corrected chi connectivity index (χ1v) is 7.75. The summed E-state index contributed by atoms with van der Waals surface area (Å²) in [5.41, 5.74) is 9.04. The molecule has 2 N–H and O–H groups in total. The van der Waals surface area contributed by atoms with Crippen LogP contribution < -0.4 is 5.73 Å². The number of ether oxygens (including phenoxy) is 2. The fraction of sp³-hybridized carbons (Fsp3) is 0.467. The van der Waals surface area contributed by atoms with E-state index in [-0.39, 0.29) is 11.6 Å². The molecule has 2 aromatic rings. The van der Waals surface area contributed by atoms with E-state index in [1.54, 1.807) is 6.92 Å². The van der Waals surface area contributed by atoms with E-state index in [1.807, 2.05) is 19.9 Å². The van der Waals surface area contributed by atoms with Crippen molar-refractivity contribution in [1.82, 2.24) is 4.98 Å². The minimum absolute atomic E-state index is 0.220. The van der Waals surface area contributed by atoms with Gasteiger partial charge in [-0.2, -0.15) is 0 Å². The number of hydrogen-bond donors (Lipinski definition) is 1. The normalized spacial score (nSPS) is 16.7. The molecule has 1 aliphatic heterocycles. The predicted molar refractivity (Wildman–Crippen MR) is 82.6 cm³/mol. The molecule has 3 heterocycles. The molecule has 5 nitrogen and oxygen atoms in total. The predicted octanol–water partition coefficient (Wildman–Crippen LogP) is 2.91. The molecule has 0 aliphatic carbocycles. The number of carbonyl (C=O) groups is 1. The lowest BCUT2D eigenvalue weighted by Gasteiger charge is -2.31. The Kier molecular flexibility index (Phi) is 3.37. The molecule has 0 amide bonds. The minimum Gasteiger partial charge on any atom is -0.462 e. The standard InChI is InChI=1S/C15H18N2O3S/c1-4-19-14(18)13-11(16)12-10(21-13)5-8-7-20-15(2,3)6-9(8)17-12/h5H,4,6-7,16H2,1-3H3. The van der Waals surface area contributed by atoms with Crippen molar-refractivity contribution >= 4 is 33.2 Å². The Labute approximate surface area is 127 Å². The molecule has 0 saturated heterocycles. The number of nitrogens with zero attached hydrogens (tertiary/aromatic N) is 1. The third-order valence-corrected chi connectivity index (χ3v) is 4.66. The average Bonchev–Trinajstić information content (AvgIpc) is 2.73. The SMILES string of the molecule is CCOC(=O)c1sc2cc3c(nc2c1N)CC(C)(C)OC3. The van der Waals surface area contributed by atoms with E-state index < -0.39 is 0 Å². The number of nitrogen functional groups attached to an aromatic ring is 1. The number of pyridine rings is 1. The van der Waals surface area contributed by atoms with E-state index in [2.05, 4.69) is 4.98 Å². The number of esters is 1. The van der Waals surface area contributed by atoms with Gasteiger partial charge in [0, 0.05) is 17.7 Å². The molecule has 112 valence electrons. The summed E-state index contributed by atoms with van der Waals surface area (Å²) in [6, 6.07) is 2.02. The van der Waals surface area contributed by atoms with Crippen LogP contribution in [0.25, 0.3) is 10.2 Å². The van der Waals surface area contributed by atoms with Crippen LogP contribution >= 0.6 is 11.3 Å². The number of nitrogens with two attached hydrogens (primary N) is 1. The van der Waals surface area contributed by atoms with Crippen molar-refractivity contribution < 1.29 is 14.3 Å². The van der Waals surface area contributed by atoms with Gasteiger partial charge in [0.2, 0.25) is 0 Å². The first-order chi connectivity index (χ1) is 9.91. The van der Waals surface area contributed by atoms with Gasteiger partial charge in [-0.25, -0.2) is 9.78 Å². The van der Waals surface area contributed by atoms with Crippen molar-refractivity contribution in [3.8, 4) is 0 Å². The maximum absolute atomic E-state index is 11.9. The van der Waals surface area contributed by atoms with E-state index in [9.17, 15) is 4.79 Å². The van der Waals surface area contributed by atoms with Gasteiger partial charge >= 0.3 is 5.97 Å². The number of fused-ring (bicyclic) bond motifs is 2. The molecular formula is C15H18N2O3S. The first-order valence-electron chi connectivity index (χ1n) is 6.93. The number of aromatic nitrogens is 1. The summed E-state index contributed by atoms with van der Waals surface area (Å²) in [5.74, 6) is -0.382. The molecule has 0 radical (unpaired) electrons. The van der Waals surface area contributed by atoms with Crippen molar-refractivity contribution in [2.24, 2.45) is 0 Å². The fourth-order valence-electron chi connectivity index (χ4n) is 2.47. The largest absolute Gasteiger partial charge is 0.462 e. The second-order valence-electron chi connectivity index (χ2n) is 5.73. The Morgan fingerprint density at radius 1 is 1.57 bits per heavy atom. The van der Waals surface area contributed by atoms with Crippen LogP contribution in [0.3, 0.4) is 0 Å². The molecule has 0 unspecified atom stereocenters. The van der Waals surface area contributed by atoms with Crippen LogP contribution in [0.4, 0.5) is 5.69 Å². The maximum atomic E-state index is 11.9. The zero-order chi connectivity index (χ0) is 15.2. The van der Waals surface area contributed by atoms with Crippen molar-refractivity contribution in [3.63, 3.8) is 0 Å². The Bertz CT molecular complexity index is 721. The number of rotatable bonds is 2. The molecule has 6 heteroatoms. The smallest absolute Gasteiger partial charge is 0.350 e. The van der Waals surface area contributed by atoms with Gasteiger partial charge in [0.25, 0.3) is 0 Å². The lowest BCUT2D eigenvalue weighted by atomic mass is 9.96. The van der Waals surface area contributed by atoms with Crippen molar-refractivity contribution in [3.05, 3.63) is 22.2 Å². The van der Waals surface area contributed by atoms with Crippen LogP contribution in [0.1, 0.15) is 41.7 Å². The molecule has 0 aromatic carbocycles. The van der Waals surface area contributed by atoms with Crippen LogP contribution in [-0.4, -0.2) is 23.2 Å². The second kappa shape index (κ2) is 4.96. The number of thiophene rings is 1. The molecular weight excluding hydrogens is 288 g/mol. The lowest BCUT2D eigenvalue weighted by molar-refractivity contribution is -0.0411. The Morgan fingerprint density at radius 2 is 2.33 bits per heavy atom. The molecule has 2 aromatic heterocycles. The molecule has 1 aliphatic rings. The second-order valence-corrected chi connectivity index (χ2v) is 6.78. The lowest BCUT2D eigenvalue weighted by Crippen LogP contribution is -2.32. The minimum atomic E-state index is -0.382. The molecule has 0 bridgehead atoms. The monoisotopic (exact) mass is 306 g/mol. The maximum Gasteiger partial charge on any atom is 0.350 e. The van der Waals surface area contributed by atoms with Crippen molar-refractivity contribution in [1.29, 1.82) is 0 Å². The van der Waals surface area contributed by atoms with Gasteiger partial charge in [-0.15, -0.1) is 11.3 Å². The summed E-state index contributed by atoms with van der Waals surface area (Å²) in [7, 11) is 0. The van der Waals surface area contributed by atoms with Crippen molar-refractivity contribution in [2.45, 2.75) is 39.4 Å². The van der Waals surface area contributed by atoms with Gasteiger partial charge in [0.1, 0.15) is 10.4 Å². The topological polar surface area (TPSA) is 74.4 Å². The summed E-state index contributed by atoms with van der Waals surface area (Å²) < 4.78 is 11.7. The van der Waals surface area contributed by atoms with Crippen LogP contribution in [0.15, 0.2) is 6.07 Å². The zero-order valence-electron chi connectivity index (χ0n) is 12.4. The first kappa shape index (κ1) is 14.3. The van der Waals surface area contributed by atoms with Gasteiger partial charge in [-0.05, 0) is 26.8 Å². The van der Waals surface area contributed by atoms with Crippen molar-refractivity contribution in [2.75, 3.05) is 12.3 Å². The Balaban J connectivity index is 2.10. The summed E-state index contributed by atoms with van der Waals surface area (Å²) in [6.07, 6.45) is 0.738. The summed E-state index contributed by atoms with van der Waals surface area (Å²) >= 11 is 1.33. The van der Waals surface area contributed by atoms with Crippen LogP contribution in [0.2, 0.25) is 0 Å². The van der Waals surface area contributed by atoms with Crippen LogP contribution in [0, 0.1) is 0 Å². The van der Waals surface area contributed by atoms with Gasteiger partial charge in [-0.3, -0.25) is 0 Å². The third kappa shape index (κ3) is 2.49. The van der Waals surface area contributed by atoms with Gasteiger partial charge in [0.15, 0.2) is 0 Å². The Hall–Kier alpha value is -1.66. The summed E-state index contributed by atoms with van der Waals surface area (Å²) in [6.45, 7) is 6.74. The van der Waals surface area contributed by atoms with Crippen LogP contribution in [0.5, 0.6) is 0 Å². The number of carbonyl (C=O) groups excluding carboxylic acids is 1. The molecule has 0 fully saturated rings. The fourth-order valence-corrected chi connectivity index (χ4v) is 3.49. The van der Waals surface area contributed by atoms with Gasteiger partial charge in [-0.1, -0.05) is 0 Å². The molecule has 0 saturated carbocycles.